The van der Waals surface area contributed by atoms with Gasteiger partial charge in [0, 0.05) is 174 Å². The molecule has 0 fully saturated rings. The number of ether oxygens (including phenoxy) is 1. The van der Waals surface area contributed by atoms with Crippen molar-refractivity contribution in [2.75, 3.05) is 7.11 Å². The van der Waals surface area contributed by atoms with Gasteiger partial charge >= 0.3 is 0 Å². The third-order valence-electron chi connectivity index (χ3n) is 23.7. The summed E-state index contributed by atoms with van der Waals surface area (Å²) in [6.07, 6.45) is 26.7. The van der Waals surface area contributed by atoms with Gasteiger partial charge < -0.3 is 9.30 Å². The molecular formula is C110H72Cl6F7N23O. The van der Waals surface area contributed by atoms with Crippen molar-refractivity contribution in [2.45, 2.75) is 27.7 Å². The molecule has 0 N–H and O–H groups in total. The van der Waals surface area contributed by atoms with Crippen LogP contribution in [0.3, 0.4) is 0 Å². The first-order valence-electron chi connectivity index (χ1n) is 44.7. The molecule has 24 rings (SSSR count). The molecule has 0 unspecified atom stereocenters. The monoisotopic (exact) mass is 2070 g/mol. The fourth-order valence-electron chi connectivity index (χ4n) is 16.6. The highest BCUT2D eigenvalue weighted by molar-refractivity contribution is 6.33. The summed E-state index contributed by atoms with van der Waals surface area (Å²) in [7, 11) is 3.44. The van der Waals surface area contributed by atoms with Crippen molar-refractivity contribution in [1.82, 2.24) is 113 Å². The summed E-state index contributed by atoms with van der Waals surface area (Å²) >= 11 is 35.6. The maximum atomic E-state index is 14.5. The number of aromatic nitrogens is 23. The second kappa shape index (κ2) is 43.2. The summed E-state index contributed by atoms with van der Waals surface area (Å²) in [5.74, 6) is -4.02. The topological polar surface area (TPSA) is 264 Å². The van der Waals surface area contributed by atoms with Gasteiger partial charge in [0.15, 0.2) is 33.9 Å². The Hall–Kier alpha value is -17.1. The van der Waals surface area contributed by atoms with E-state index in [2.05, 4.69) is 103 Å². The van der Waals surface area contributed by atoms with Gasteiger partial charge in [-0.25, -0.2) is 83.7 Å². The predicted molar refractivity (Wildman–Crippen MR) is 557 cm³/mol. The van der Waals surface area contributed by atoms with Gasteiger partial charge in [-0.05, 0) is 231 Å². The highest BCUT2D eigenvalue weighted by Gasteiger charge is 2.25. The molecule has 0 aliphatic carbocycles. The minimum Gasteiger partial charge on any atom is -0.479 e. The average Bonchev–Trinajstić information content (AvgIpc) is 1.39. The molecule has 724 valence electrons. The van der Waals surface area contributed by atoms with Gasteiger partial charge in [-0.15, -0.1) is 0 Å². The number of hydrogen-bond donors (Lipinski definition) is 0. The van der Waals surface area contributed by atoms with E-state index in [1.807, 2.05) is 184 Å². The van der Waals surface area contributed by atoms with Gasteiger partial charge in [0.2, 0.25) is 5.88 Å². The molecule has 0 aliphatic rings. The van der Waals surface area contributed by atoms with E-state index in [4.69, 9.17) is 74.3 Å². The Morgan fingerprint density at radius 2 is 0.687 bits per heavy atom. The largest absolute Gasteiger partial charge is 0.479 e. The lowest BCUT2D eigenvalue weighted by Crippen LogP contribution is -1.97. The van der Waals surface area contributed by atoms with Crippen molar-refractivity contribution in [3.8, 4) is 140 Å². The SMILES string of the molecule is COc1ncnc2ccc(-c3cccnc3-c3ccc(F)c(Cl)c3)nc12.Cc1cc2ncnn2cc1-c1cccnc1-c1cc(Cl)c(F)cc1F.Cc1cc2ncnn2cc1-c1cccnc1-c1cc(Cl)ccc1F.Cc1cc2ncnn2cc1-c1cccnc1-c1ccc(F)c(Cl)c1.Cc1cc2ncnn2cc1-c1cccnc1-c1cccc(Cl)c1.Cn1cnc2ccc(-c3cccnc3-c3ccc(F)c(Cl)c3F)cc21. The number of methoxy groups -OCH3 is 1. The maximum Gasteiger partial charge on any atom is 0.243 e. The first kappa shape index (κ1) is 98.7. The molecule has 0 bridgehead atoms. The Morgan fingerprint density at radius 3 is 1.17 bits per heavy atom. The molecule has 0 atom stereocenters. The van der Waals surface area contributed by atoms with E-state index >= 15 is 0 Å². The van der Waals surface area contributed by atoms with Crippen molar-refractivity contribution >= 4 is 114 Å². The lowest BCUT2D eigenvalue weighted by molar-refractivity contribution is 0.401. The van der Waals surface area contributed by atoms with Crippen molar-refractivity contribution < 1.29 is 35.5 Å². The van der Waals surface area contributed by atoms with Crippen molar-refractivity contribution in [3.63, 3.8) is 0 Å². The van der Waals surface area contributed by atoms with Gasteiger partial charge in [-0.3, -0.25) is 29.9 Å². The van der Waals surface area contributed by atoms with Crippen LogP contribution in [0.5, 0.6) is 5.88 Å². The summed E-state index contributed by atoms with van der Waals surface area (Å²) in [6, 6.07) is 65.6. The van der Waals surface area contributed by atoms with E-state index in [1.165, 1.54) is 68.8 Å². The number of aryl methyl sites for hydroxylation is 5. The highest BCUT2D eigenvalue weighted by atomic mass is 35.5. The minimum absolute atomic E-state index is 0.0423. The Morgan fingerprint density at radius 1 is 0.279 bits per heavy atom. The molecule has 0 saturated heterocycles. The van der Waals surface area contributed by atoms with Crippen LogP contribution in [0, 0.1) is 68.4 Å². The molecule has 17 aromatic heterocycles. The van der Waals surface area contributed by atoms with Gasteiger partial charge in [0.25, 0.3) is 0 Å². The fraction of sp³-hybridized carbons (Fsp3) is 0.0545. The number of nitrogens with zero attached hydrogens (tertiary/aromatic N) is 23. The first-order valence-corrected chi connectivity index (χ1v) is 46.9. The molecule has 0 saturated carbocycles. The highest BCUT2D eigenvalue weighted by Crippen LogP contribution is 2.43. The van der Waals surface area contributed by atoms with Crippen molar-refractivity contribution in [2.24, 2.45) is 7.05 Å². The Bertz CT molecular complexity index is 9150. The molecule has 17 heterocycles. The summed E-state index contributed by atoms with van der Waals surface area (Å²) in [4.78, 5) is 60.5. The third kappa shape index (κ3) is 21.1. The Balaban J connectivity index is 0.000000111. The van der Waals surface area contributed by atoms with Gasteiger partial charge in [0.05, 0.1) is 84.9 Å². The normalized spacial score (nSPS) is 11.1. The zero-order chi connectivity index (χ0) is 102. The zero-order valence-electron chi connectivity index (χ0n) is 77.8. The van der Waals surface area contributed by atoms with Crippen molar-refractivity contribution in [3.05, 3.63) is 424 Å². The van der Waals surface area contributed by atoms with E-state index in [9.17, 15) is 30.7 Å². The third-order valence-corrected chi connectivity index (χ3v) is 25.4. The quantitative estimate of drug-likeness (QED) is 0.0590. The Labute approximate surface area is 862 Å². The van der Waals surface area contributed by atoms with Crippen LogP contribution in [0.2, 0.25) is 30.1 Å². The zero-order valence-corrected chi connectivity index (χ0v) is 82.3. The maximum absolute atomic E-state index is 14.5. The average molecular weight is 2080 g/mol. The number of benzene rings is 7. The van der Waals surface area contributed by atoms with Crippen LogP contribution in [0.1, 0.15) is 22.3 Å². The second-order valence-corrected chi connectivity index (χ2v) is 35.5. The number of hydrogen-bond acceptors (Lipinski definition) is 19. The molecule has 24 aromatic rings. The molecular weight excluding hydrogens is 2010 g/mol. The number of pyridine rings is 11. The van der Waals surface area contributed by atoms with Crippen LogP contribution in [0.15, 0.2) is 330 Å². The molecule has 0 amide bonds. The lowest BCUT2D eigenvalue weighted by atomic mass is 9.97. The number of rotatable bonds is 13. The summed E-state index contributed by atoms with van der Waals surface area (Å²) < 4.78 is 111. The summed E-state index contributed by atoms with van der Waals surface area (Å²) in [5, 5.41) is 17.3. The predicted octanol–water partition coefficient (Wildman–Crippen LogP) is 28.0. The van der Waals surface area contributed by atoms with Crippen LogP contribution in [-0.4, -0.2) is 120 Å². The summed E-state index contributed by atoms with van der Waals surface area (Å²) in [6.45, 7) is 7.99. The number of halogens is 13. The minimum atomic E-state index is -0.816. The van der Waals surface area contributed by atoms with Crippen molar-refractivity contribution in [1.29, 1.82) is 0 Å². The molecule has 37 heteroatoms. The van der Waals surface area contributed by atoms with E-state index in [0.717, 1.165) is 141 Å². The summed E-state index contributed by atoms with van der Waals surface area (Å²) in [5.41, 5.74) is 27.3. The van der Waals surface area contributed by atoms with Gasteiger partial charge in [-0.2, -0.15) is 25.4 Å². The fourth-order valence-corrected chi connectivity index (χ4v) is 17.6. The molecule has 0 radical (unpaired) electrons. The van der Waals surface area contributed by atoms with Crippen LogP contribution >= 0.6 is 69.6 Å². The number of fused-ring (bicyclic) bond motifs is 6. The molecule has 7 aromatic carbocycles. The van der Waals surface area contributed by atoms with Crippen LogP contribution < -0.4 is 4.74 Å². The Kier molecular flexibility index (Phi) is 29.0. The van der Waals surface area contributed by atoms with E-state index < -0.39 is 39.9 Å². The lowest BCUT2D eigenvalue weighted by Gasteiger charge is -2.12. The molecule has 0 aliphatic heterocycles. The van der Waals surface area contributed by atoms with E-state index in [1.54, 1.807) is 117 Å². The van der Waals surface area contributed by atoms with E-state index in [0.29, 0.717) is 77.8 Å². The first-order chi connectivity index (χ1) is 71.3. The van der Waals surface area contributed by atoms with Crippen LogP contribution in [-0.2, 0) is 7.05 Å². The van der Waals surface area contributed by atoms with E-state index in [-0.39, 0.29) is 32.0 Å². The smallest absolute Gasteiger partial charge is 0.243 e. The van der Waals surface area contributed by atoms with Crippen LogP contribution in [0.4, 0.5) is 30.7 Å². The molecule has 0 spiro atoms. The van der Waals surface area contributed by atoms with Gasteiger partial charge in [-0.1, -0.05) is 118 Å². The standard InChI is InChI=1S/C19H12ClF2N3.C19H12ClFN4O.C18H11ClF2N4.2C18H12ClFN4.C18H13ClN4/c1-25-10-24-15-7-4-11(9-16(15)25)12-3-2-8-23-19(12)13-5-6-14(21)17(20)18(13)22;1-26-19-18-16(23-10-24-19)7-6-15(25-18)12-3-2-8-22-17(12)11-4-5-14(21)13(20)9-11;1-10-5-17-23-9-24-25(17)8-13(10)11-3-2-4-22-18(11)12-6-14(19)16(21)7-15(12)20;1-11-7-17-22-10-23-24(17)9-14(11)13-3-2-6-21-18(13)12-4-5-16(20)15(19)8-12;1-11-7-17-22-10-23-24(17)9-15(11)13-3-2-6-21-18(13)14-8-12(19)4-5-16(14)20;1-12-8-17-21-11-22-23(17)10-16(12)15-6-3-7-20-18(15)13-4-2-5-14(19)9-13/h2-10H,1H3;2-10H,1H3;2-9H,1H3;2*2-10H,1H3;2-11H,1H3. The molecule has 24 nitrogen and oxygen atoms in total. The van der Waals surface area contributed by atoms with Gasteiger partial charge in [0.1, 0.15) is 71.6 Å². The second-order valence-electron chi connectivity index (χ2n) is 33.0. The van der Waals surface area contributed by atoms with Crippen LogP contribution in [0.25, 0.3) is 179 Å². The molecule has 147 heavy (non-hydrogen) atoms. The number of imidazole rings is 1.